The maximum atomic E-state index is 12.4. The number of methoxy groups -OCH3 is 1. The number of hydrogen-bond donors (Lipinski definition) is 2. The van der Waals surface area contributed by atoms with Gasteiger partial charge in [-0.3, -0.25) is 15.1 Å². The Morgan fingerprint density at radius 1 is 1.06 bits per heavy atom. The van der Waals surface area contributed by atoms with E-state index in [1.165, 1.54) is 7.11 Å². The molecular weight excluding hydrogens is 434 g/mol. The van der Waals surface area contributed by atoms with Gasteiger partial charge in [0.05, 0.1) is 17.8 Å². The van der Waals surface area contributed by atoms with Crippen molar-refractivity contribution in [3.05, 3.63) is 53.7 Å². The molecule has 0 saturated heterocycles. The summed E-state index contributed by atoms with van der Waals surface area (Å²) in [4.78, 5) is 28.8. The first kappa shape index (κ1) is 23.1. The van der Waals surface area contributed by atoms with Gasteiger partial charge in [-0.25, -0.2) is 4.79 Å². The molecule has 0 spiro atoms. The van der Waals surface area contributed by atoms with E-state index in [0.29, 0.717) is 33.4 Å². The normalized spacial score (nSPS) is 11.0. The number of carbonyl (C=O) groups excluding carboxylic acids is 2. The summed E-state index contributed by atoms with van der Waals surface area (Å²) in [5.74, 6) is 0.475. The molecule has 0 radical (unpaired) electrons. The van der Waals surface area contributed by atoms with Crippen molar-refractivity contribution in [2.75, 3.05) is 24.4 Å². The number of nitrogens with one attached hydrogen (secondary N) is 2. The van der Waals surface area contributed by atoms with Crippen LogP contribution >= 0.6 is 11.6 Å². The van der Waals surface area contributed by atoms with Crippen molar-refractivity contribution in [1.29, 1.82) is 0 Å². The van der Waals surface area contributed by atoms with Gasteiger partial charge in [0.15, 0.2) is 6.61 Å². The molecule has 0 fully saturated rings. The number of rotatable bonds is 6. The number of benzene rings is 2. The predicted octanol–water partition coefficient (Wildman–Crippen LogP) is 5.26. The van der Waals surface area contributed by atoms with E-state index in [4.69, 9.17) is 25.8 Å². The second kappa shape index (κ2) is 9.74. The van der Waals surface area contributed by atoms with Crippen LogP contribution in [0.25, 0.3) is 10.9 Å². The third-order valence-electron chi connectivity index (χ3n) is 4.16. The van der Waals surface area contributed by atoms with Crippen LogP contribution in [-0.2, 0) is 9.53 Å². The fourth-order valence-electron chi connectivity index (χ4n) is 2.87. The van der Waals surface area contributed by atoms with Crippen LogP contribution in [0.2, 0.25) is 5.02 Å². The maximum absolute atomic E-state index is 12.4. The van der Waals surface area contributed by atoms with E-state index in [0.717, 1.165) is 5.39 Å². The highest BCUT2D eigenvalue weighted by atomic mass is 35.5. The first-order valence-electron chi connectivity index (χ1n) is 9.80. The molecule has 32 heavy (non-hydrogen) atoms. The molecule has 0 aliphatic heterocycles. The summed E-state index contributed by atoms with van der Waals surface area (Å²) in [5, 5.41) is 6.64. The Kier molecular flexibility index (Phi) is 7.05. The standard InChI is InChI=1S/C23H24ClN3O5/c1-23(2,3)32-22(29)27-17-12-14(7-9-18(17)30-4)26-20(28)13-31-19-10-8-16(24)15-6-5-11-25-21(15)19/h5-12H,13H2,1-4H3,(H,26,28)(H,27,29). The van der Waals surface area contributed by atoms with Gasteiger partial charge in [0.1, 0.15) is 22.6 Å². The average molecular weight is 458 g/mol. The third kappa shape index (κ3) is 6.01. The van der Waals surface area contributed by atoms with E-state index in [1.54, 1.807) is 63.4 Å². The molecule has 3 rings (SSSR count). The van der Waals surface area contributed by atoms with Crippen LogP contribution < -0.4 is 20.1 Å². The van der Waals surface area contributed by atoms with E-state index in [9.17, 15) is 9.59 Å². The van der Waals surface area contributed by atoms with E-state index < -0.39 is 17.6 Å². The predicted molar refractivity (Wildman–Crippen MR) is 124 cm³/mol. The van der Waals surface area contributed by atoms with Crippen LogP contribution in [0.3, 0.4) is 0 Å². The van der Waals surface area contributed by atoms with Gasteiger partial charge in [-0.1, -0.05) is 11.6 Å². The minimum Gasteiger partial charge on any atom is -0.495 e. The molecule has 168 valence electrons. The molecule has 2 amide bonds. The van der Waals surface area contributed by atoms with Crippen LogP contribution in [0.1, 0.15) is 20.8 Å². The summed E-state index contributed by atoms with van der Waals surface area (Å²) in [6.07, 6.45) is 0.993. The number of nitrogens with zero attached hydrogens (tertiary/aromatic N) is 1. The number of pyridine rings is 1. The van der Waals surface area contributed by atoms with Crippen LogP contribution in [0.15, 0.2) is 48.7 Å². The van der Waals surface area contributed by atoms with E-state index in [-0.39, 0.29) is 6.61 Å². The number of fused-ring (bicyclic) bond motifs is 1. The number of halogens is 1. The third-order valence-corrected chi connectivity index (χ3v) is 4.49. The Bertz CT molecular complexity index is 1140. The molecule has 3 aromatic rings. The molecular formula is C23H24ClN3O5. The number of aromatic nitrogens is 1. The van der Waals surface area contributed by atoms with Gasteiger partial charge in [0.25, 0.3) is 5.91 Å². The SMILES string of the molecule is COc1ccc(NC(=O)COc2ccc(Cl)c3cccnc23)cc1NC(=O)OC(C)(C)C. The average Bonchev–Trinajstić information content (AvgIpc) is 2.72. The molecule has 0 unspecified atom stereocenters. The number of ether oxygens (including phenoxy) is 3. The highest BCUT2D eigenvalue weighted by Crippen LogP contribution is 2.30. The Labute approximate surface area is 190 Å². The van der Waals surface area contributed by atoms with Crippen LogP contribution in [0, 0.1) is 0 Å². The Morgan fingerprint density at radius 3 is 2.53 bits per heavy atom. The first-order valence-corrected chi connectivity index (χ1v) is 10.2. The maximum Gasteiger partial charge on any atom is 0.412 e. The molecule has 1 heterocycles. The zero-order chi connectivity index (χ0) is 23.3. The number of carbonyl (C=O) groups is 2. The van der Waals surface area contributed by atoms with Crippen LogP contribution in [0.5, 0.6) is 11.5 Å². The van der Waals surface area contributed by atoms with Crippen molar-refractivity contribution >= 4 is 45.9 Å². The van der Waals surface area contributed by atoms with Crippen molar-refractivity contribution < 1.29 is 23.8 Å². The number of anilines is 2. The Balaban J connectivity index is 1.68. The monoisotopic (exact) mass is 457 g/mol. The van der Waals surface area contributed by atoms with Gasteiger partial charge >= 0.3 is 6.09 Å². The van der Waals surface area contributed by atoms with Crippen LogP contribution in [0.4, 0.5) is 16.2 Å². The molecule has 0 bridgehead atoms. The molecule has 8 nitrogen and oxygen atoms in total. The Hall–Kier alpha value is -3.52. The van der Waals surface area contributed by atoms with Gasteiger partial charge in [-0.05, 0) is 63.2 Å². The Morgan fingerprint density at radius 2 is 1.81 bits per heavy atom. The zero-order valence-electron chi connectivity index (χ0n) is 18.2. The summed E-state index contributed by atoms with van der Waals surface area (Å²) in [6, 6.07) is 11.8. The zero-order valence-corrected chi connectivity index (χ0v) is 18.9. The van der Waals surface area contributed by atoms with E-state index in [1.807, 2.05) is 6.07 Å². The second-order valence-electron chi connectivity index (χ2n) is 7.82. The largest absolute Gasteiger partial charge is 0.495 e. The lowest BCUT2D eigenvalue weighted by Crippen LogP contribution is -2.27. The molecule has 2 aromatic carbocycles. The van der Waals surface area contributed by atoms with Crippen molar-refractivity contribution in [3.63, 3.8) is 0 Å². The van der Waals surface area contributed by atoms with Crippen LogP contribution in [-0.4, -0.2) is 36.3 Å². The minimum atomic E-state index is -0.652. The van der Waals surface area contributed by atoms with Crippen molar-refractivity contribution in [2.45, 2.75) is 26.4 Å². The number of hydrogen-bond acceptors (Lipinski definition) is 6. The fourth-order valence-corrected chi connectivity index (χ4v) is 3.08. The molecule has 0 aliphatic rings. The quantitative estimate of drug-likeness (QED) is 0.523. The minimum absolute atomic E-state index is 0.242. The van der Waals surface area contributed by atoms with Gasteiger partial charge in [0.2, 0.25) is 0 Å². The molecule has 1 aromatic heterocycles. The lowest BCUT2D eigenvalue weighted by atomic mass is 10.2. The topological polar surface area (TPSA) is 98.8 Å². The molecule has 0 saturated carbocycles. The van der Waals surface area contributed by atoms with Gasteiger partial charge < -0.3 is 19.5 Å². The van der Waals surface area contributed by atoms with E-state index >= 15 is 0 Å². The molecule has 0 atom stereocenters. The van der Waals surface area contributed by atoms with E-state index in [2.05, 4.69) is 15.6 Å². The molecule has 9 heteroatoms. The van der Waals surface area contributed by atoms with Crippen molar-refractivity contribution in [3.8, 4) is 11.5 Å². The summed E-state index contributed by atoms with van der Waals surface area (Å²) in [6.45, 7) is 5.05. The van der Waals surface area contributed by atoms with Crippen molar-refractivity contribution in [2.24, 2.45) is 0 Å². The van der Waals surface area contributed by atoms with Crippen molar-refractivity contribution in [1.82, 2.24) is 4.98 Å². The molecule has 0 aliphatic carbocycles. The summed E-state index contributed by atoms with van der Waals surface area (Å²) in [5.41, 5.74) is 0.722. The van der Waals surface area contributed by atoms with Gasteiger partial charge in [0, 0.05) is 17.3 Å². The summed E-state index contributed by atoms with van der Waals surface area (Å²) < 4.78 is 16.2. The lowest BCUT2D eigenvalue weighted by molar-refractivity contribution is -0.118. The lowest BCUT2D eigenvalue weighted by Gasteiger charge is -2.20. The first-order chi connectivity index (χ1) is 15.2. The smallest absolute Gasteiger partial charge is 0.412 e. The fraction of sp³-hybridized carbons (Fsp3) is 0.261. The van der Waals surface area contributed by atoms with Gasteiger partial charge in [-0.15, -0.1) is 0 Å². The molecule has 2 N–H and O–H groups in total. The van der Waals surface area contributed by atoms with Gasteiger partial charge in [-0.2, -0.15) is 0 Å². The summed E-state index contributed by atoms with van der Waals surface area (Å²) >= 11 is 6.19. The number of amides is 2. The summed E-state index contributed by atoms with van der Waals surface area (Å²) in [7, 11) is 1.48. The second-order valence-corrected chi connectivity index (χ2v) is 8.23. The highest BCUT2D eigenvalue weighted by molar-refractivity contribution is 6.35. The highest BCUT2D eigenvalue weighted by Gasteiger charge is 2.18.